The van der Waals surface area contributed by atoms with Crippen LogP contribution in [0.2, 0.25) is 0 Å². The zero-order valence-corrected chi connectivity index (χ0v) is 12.7. The molecule has 3 unspecified atom stereocenters. The number of benzene rings is 1. The second-order valence-corrected chi connectivity index (χ2v) is 7.37. The lowest BCUT2D eigenvalue weighted by molar-refractivity contribution is -0.138. The van der Waals surface area contributed by atoms with Gasteiger partial charge in [0.1, 0.15) is 5.75 Å². The monoisotopic (exact) mass is 292 g/mol. The average molecular weight is 292 g/mol. The van der Waals surface area contributed by atoms with Gasteiger partial charge in [-0.2, -0.15) is 11.8 Å². The Hall–Kier alpha value is -1.36. The number of nitrogens with one attached hydrogen (secondary N) is 1. The standard InChI is InChI=1S/C15H20N2O2S/c1-10-8-17(9-11(2)20-10)15(18)14-7-16-12-5-3-4-6-13(12)19-14/h3-6,10-11,14,16H,7-9H2,1-2H3. The minimum Gasteiger partial charge on any atom is -0.477 e. The number of para-hydroxylation sites is 2. The molecule has 0 spiro atoms. The summed E-state index contributed by atoms with van der Waals surface area (Å²) >= 11 is 1.95. The maximum absolute atomic E-state index is 12.6. The number of carbonyl (C=O) groups excluding carboxylic acids is 1. The number of thioether (sulfide) groups is 1. The van der Waals surface area contributed by atoms with Crippen molar-refractivity contribution in [2.24, 2.45) is 0 Å². The Labute approximate surface area is 123 Å². The van der Waals surface area contributed by atoms with Crippen LogP contribution in [-0.2, 0) is 4.79 Å². The quantitative estimate of drug-likeness (QED) is 0.862. The molecule has 0 aliphatic carbocycles. The molecule has 0 aromatic heterocycles. The van der Waals surface area contributed by atoms with Crippen molar-refractivity contribution < 1.29 is 9.53 Å². The van der Waals surface area contributed by atoms with Gasteiger partial charge in [0.25, 0.3) is 5.91 Å². The lowest BCUT2D eigenvalue weighted by Crippen LogP contribution is -2.52. The summed E-state index contributed by atoms with van der Waals surface area (Å²) < 4.78 is 5.86. The highest BCUT2D eigenvalue weighted by Gasteiger charge is 2.33. The van der Waals surface area contributed by atoms with Crippen LogP contribution in [-0.4, -0.2) is 47.0 Å². The highest BCUT2D eigenvalue weighted by atomic mass is 32.2. The molecule has 0 radical (unpaired) electrons. The number of carbonyl (C=O) groups is 1. The van der Waals surface area contributed by atoms with Crippen LogP contribution in [0.15, 0.2) is 24.3 Å². The zero-order valence-electron chi connectivity index (χ0n) is 11.8. The molecule has 0 bridgehead atoms. The van der Waals surface area contributed by atoms with E-state index in [9.17, 15) is 4.79 Å². The van der Waals surface area contributed by atoms with Gasteiger partial charge in [-0.15, -0.1) is 0 Å². The topological polar surface area (TPSA) is 41.6 Å². The maximum atomic E-state index is 12.6. The molecule has 4 nitrogen and oxygen atoms in total. The Morgan fingerprint density at radius 2 is 2.00 bits per heavy atom. The first-order valence-corrected chi connectivity index (χ1v) is 8.01. The Kier molecular flexibility index (Phi) is 3.78. The van der Waals surface area contributed by atoms with E-state index < -0.39 is 6.10 Å². The van der Waals surface area contributed by atoms with Crippen molar-refractivity contribution in [1.82, 2.24) is 4.90 Å². The van der Waals surface area contributed by atoms with Crippen LogP contribution >= 0.6 is 11.8 Å². The maximum Gasteiger partial charge on any atom is 0.265 e. The Morgan fingerprint density at radius 3 is 2.75 bits per heavy atom. The van der Waals surface area contributed by atoms with Gasteiger partial charge in [0, 0.05) is 23.6 Å². The number of hydrogen-bond acceptors (Lipinski definition) is 4. The van der Waals surface area contributed by atoms with E-state index in [1.807, 2.05) is 40.9 Å². The van der Waals surface area contributed by atoms with E-state index >= 15 is 0 Å². The van der Waals surface area contributed by atoms with Crippen molar-refractivity contribution >= 4 is 23.4 Å². The summed E-state index contributed by atoms with van der Waals surface area (Å²) in [7, 11) is 0. The van der Waals surface area contributed by atoms with E-state index in [1.165, 1.54) is 0 Å². The predicted octanol–water partition coefficient (Wildman–Crippen LogP) is 2.21. The largest absolute Gasteiger partial charge is 0.477 e. The lowest BCUT2D eigenvalue weighted by atomic mass is 10.2. The van der Waals surface area contributed by atoms with Gasteiger partial charge in [-0.1, -0.05) is 26.0 Å². The van der Waals surface area contributed by atoms with Gasteiger partial charge in [0.05, 0.1) is 12.2 Å². The van der Waals surface area contributed by atoms with E-state index in [1.54, 1.807) is 0 Å². The number of fused-ring (bicyclic) bond motifs is 1. The Bertz CT molecular complexity index is 498. The van der Waals surface area contributed by atoms with Crippen molar-refractivity contribution in [2.75, 3.05) is 25.0 Å². The molecule has 2 aliphatic heterocycles. The fraction of sp³-hybridized carbons (Fsp3) is 0.533. The smallest absolute Gasteiger partial charge is 0.265 e. The fourth-order valence-electron chi connectivity index (χ4n) is 2.81. The van der Waals surface area contributed by atoms with Crippen LogP contribution in [0, 0.1) is 0 Å². The number of nitrogens with zero attached hydrogens (tertiary/aromatic N) is 1. The van der Waals surface area contributed by atoms with Crippen LogP contribution in [0.1, 0.15) is 13.8 Å². The molecule has 1 saturated heterocycles. The van der Waals surface area contributed by atoms with Crippen molar-refractivity contribution in [3.63, 3.8) is 0 Å². The van der Waals surface area contributed by atoms with E-state index in [0.29, 0.717) is 17.0 Å². The van der Waals surface area contributed by atoms with Crippen molar-refractivity contribution in [1.29, 1.82) is 0 Å². The van der Waals surface area contributed by atoms with Crippen molar-refractivity contribution in [2.45, 2.75) is 30.5 Å². The van der Waals surface area contributed by atoms with Gasteiger partial charge in [0.2, 0.25) is 0 Å². The normalized spacial score (nSPS) is 29.1. The van der Waals surface area contributed by atoms with Gasteiger partial charge < -0.3 is 15.0 Å². The minimum absolute atomic E-state index is 0.103. The first-order valence-electron chi connectivity index (χ1n) is 7.07. The number of amides is 1. The molecule has 1 N–H and O–H groups in total. The van der Waals surface area contributed by atoms with Crippen LogP contribution < -0.4 is 10.1 Å². The summed E-state index contributed by atoms with van der Waals surface area (Å²) in [6.45, 7) is 6.53. The van der Waals surface area contributed by atoms with E-state index in [0.717, 1.165) is 24.5 Å². The molecule has 5 heteroatoms. The third kappa shape index (κ3) is 2.73. The molecular formula is C15H20N2O2S. The van der Waals surface area contributed by atoms with Crippen LogP contribution in [0.25, 0.3) is 0 Å². The van der Waals surface area contributed by atoms with E-state index in [4.69, 9.17) is 4.74 Å². The van der Waals surface area contributed by atoms with Gasteiger partial charge in [-0.25, -0.2) is 0 Å². The first-order chi connectivity index (χ1) is 9.63. The Balaban J connectivity index is 1.69. The molecule has 20 heavy (non-hydrogen) atoms. The summed E-state index contributed by atoms with van der Waals surface area (Å²) in [6, 6.07) is 7.76. The zero-order chi connectivity index (χ0) is 14.1. The first kappa shape index (κ1) is 13.6. The molecule has 1 aromatic carbocycles. The summed E-state index contributed by atoms with van der Waals surface area (Å²) in [5, 5.41) is 4.26. The molecule has 108 valence electrons. The van der Waals surface area contributed by atoms with E-state index in [2.05, 4.69) is 19.2 Å². The highest BCUT2D eigenvalue weighted by molar-refractivity contribution is 8.00. The Morgan fingerprint density at radius 1 is 1.30 bits per heavy atom. The SMILES string of the molecule is CC1CN(C(=O)C2CNc3ccccc3O2)CC(C)S1. The molecule has 1 fully saturated rings. The predicted molar refractivity (Wildman–Crippen MR) is 82.4 cm³/mol. The van der Waals surface area contributed by atoms with Gasteiger partial charge in [-0.3, -0.25) is 4.79 Å². The summed E-state index contributed by atoms with van der Waals surface area (Å²) in [5.41, 5.74) is 0.965. The number of ether oxygens (including phenoxy) is 1. The lowest BCUT2D eigenvalue weighted by Gasteiger charge is -2.37. The van der Waals surface area contributed by atoms with Crippen LogP contribution in [0.4, 0.5) is 5.69 Å². The molecule has 1 aromatic rings. The van der Waals surface area contributed by atoms with Gasteiger partial charge in [0.15, 0.2) is 6.10 Å². The second kappa shape index (κ2) is 5.56. The summed E-state index contributed by atoms with van der Waals surface area (Å²) in [5.74, 6) is 0.871. The molecule has 0 saturated carbocycles. The molecule has 1 amide bonds. The number of anilines is 1. The fourth-order valence-corrected chi connectivity index (χ4v) is 4.14. The van der Waals surface area contributed by atoms with Crippen LogP contribution in [0.5, 0.6) is 5.75 Å². The second-order valence-electron chi connectivity index (χ2n) is 5.48. The minimum atomic E-state index is -0.410. The summed E-state index contributed by atoms with van der Waals surface area (Å²) in [6.07, 6.45) is -0.410. The third-order valence-electron chi connectivity index (χ3n) is 3.64. The molecule has 2 aliphatic rings. The highest BCUT2D eigenvalue weighted by Crippen LogP contribution is 2.30. The van der Waals surface area contributed by atoms with Gasteiger partial charge in [-0.05, 0) is 12.1 Å². The van der Waals surface area contributed by atoms with Gasteiger partial charge >= 0.3 is 0 Å². The molecular weight excluding hydrogens is 272 g/mol. The molecule has 2 heterocycles. The van der Waals surface area contributed by atoms with Crippen molar-refractivity contribution in [3.8, 4) is 5.75 Å². The third-order valence-corrected chi connectivity index (χ3v) is 4.87. The summed E-state index contributed by atoms with van der Waals surface area (Å²) in [4.78, 5) is 14.6. The van der Waals surface area contributed by atoms with Crippen LogP contribution in [0.3, 0.4) is 0 Å². The average Bonchev–Trinajstić information content (AvgIpc) is 2.45. The number of rotatable bonds is 1. The number of hydrogen-bond donors (Lipinski definition) is 1. The van der Waals surface area contributed by atoms with E-state index in [-0.39, 0.29) is 5.91 Å². The molecule has 3 atom stereocenters. The van der Waals surface area contributed by atoms with Crippen molar-refractivity contribution in [3.05, 3.63) is 24.3 Å². The molecule has 3 rings (SSSR count).